The molecular formula is C14H8F4N2O. The monoisotopic (exact) mass is 296 g/mol. The van der Waals surface area contributed by atoms with Crippen molar-refractivity contribution >= 4 is 11.0 Å². The molecule has 1 heterocycles. The number of nitrogens with zero attached hydrogens (tertiary/aromatic N) is 1. The third kappa shape index (κ3) is 2.10. The van der Waals surface area contributed by atoms with E-state index in [9.17, 15) is 22.4 Å². The number of para-hydroxylation sites is 2. The van der Waals surface area contributed by atoms with Crippen LogP contribution in [-0.4, -0.2) is 9.55 Å². The molecule has 0 unspecified atom stereocenters. The summed E-state index contributed by atoms with van der Waals surface area (Å²) in [4.78, 5) is 14.1. The van der Waals surface area contributed by atoms with Crippen LogP contribution in [-0.2, 0) is 6.18 Å². The smallest absolute Gasteiger partial charge is 0.305 e. The highest BCUT2D eigenvalue weighted by Gasteiger charge is 2.34. The van der Waals surface area contributed by atoms with E-state index in [-0.39, 0.29) is 16.7 Å². The van der Waals surface area contributed by atoms with Gasteiger partial charge in [0.05, 0.1) is 22.3 Å². The SMILES string of the molecule is O=c1[nH]c2c(C(F)(F)F)cccc2n1-c1ccccc1F. The van der Waals surface area contributed by atoms with Gasteiger partial charge in [0, 0.05) is 0 Å². The van der Waals surface area contributed by atoms with Crippen LogP contribution >= 0.6 is 0 Å². The molecule has 0 bridgehead atoms. The van der Waals surface area contributed by atoms with Gasteiger partial charge in [0.25, 0.3) is 0 Å². The van der Waals surface area contributed by atoms with Crippen molar-refractivity contribution in [3.8, 4) is 5.69 Å². The molecule has 1 aromatic heterocycles. The first-order valence-corrected chi connectivity index (χ1v) is 5.95. The Morgan fingerprint density at radius 3 is 2.38 bits per heavy atom. The summed E-state index contributed by atoms with van der Waals surface area (Å²) in [7, 11) is 0. The molecule has 3 nitrogen and oxygen atoms in total. The van der Waals surface area contributed by atoms with E-state index in [0.717, 1.165) is 16.7 Å². The van der Waals surface area contributed by atoms with Gasteiger partial charge in [0.1, 0.15) is 5.82 Å². The number of aromatic nitrogens is 2. The third-order valence-electron chi connectivity index (χ3n) is 3.12. The number of hydrogen-bond acceptors (Lipinski definition) is 1. The Morgan fingerprint density at radius 2 is 1.71 bits per heavy atom. The van der Waals surface area contributed by atoms with Crippen molar-refractivity contribution < 1.29 is 17.6 Å². The third-order valence-corrected chi connectivity index (χ3v) is 3.12. The van der Waals surface area contributed by atoms with Gasteiger partial charge in [0.2, 0.25) is 0 Å². The van der Waals surface area contributed by atoms with E-state index in [2.05, 4.69) is 4.98 Å². The van der Waals surface area contributed by atoms with Crippen LogP contribution in [0.3, 0.4) is 0 Å². The zero-order valence-corrected chi connectivity index (χ0v) is 10.4. The maximum absolute atomic E-state index is 13.8. The molecule has 0 fully saturated rings. The van der Waals surface area contributed by atoms with Gasteiger partial charge in [-0.15, -0.1) is 0 Å². The summed E-state index contributed by atoms with van der Waals surface area (Å²) in [6.45, 7) is 0. The van der Waals surface area contributed by atoms with Gasteiger partial charge >= 0.3 is 11.9 Å². The summed E-state index contributed by atoms with van der Waals surface area (Å²) in [6.07, 6.45) is -4.61. The molecule has 0 radical (unpaired) electrons. The van der Waals surface area contributed by atoms with Crippen LogP contribution < -0.4 is 5.69 Å². The quantitative estimate of drug-likeness (QED) is 0.686. The maximum atomic E-state index is 13.8. The van der Waals surface area contributed by atoms with Crippen molar-refractivity contribution in [3.05, 3.63) is 64.3 Å². The zero-order chi connectivity index (χ0) is 15.2. The molecule has 0 aliphatic heterocycles. The van der Waals surface area contributed by atoms with Crippen LogP contribution in [0.2, 0.25) is 0 Å². The Labute approximate surface area is 115 Å². The molecule has 0 spiro atoms. The standard InChI is InChI=1S/C14H8F4N2O/c15-9-5-1-2-6-10(9)20-11-7-3-4-8(14(16,17)18)12(11)19-13(20)21/h1-7H,(H,19,21). The molecule has 0 amide bonds. The Kier molecular flexibility index (Phi) is 2.86. The second-order valence-corrected chi connectivity index (χ2v) is 4.41. The lowest BCUT2D eigenvalue weighted by Gasteiger charge is -2.08. The average molecular weight is 296 g/mol. The van der Waals surface area contributed by atoms with Gasteiger partial charge in [-0.2, -0.15) is 13.2 Å². The first-order valence-electron chi connectivity index (χ1n) is 5.95. The molecule has 0 saturated heterocycles. The van der Waals surface area contributed by atoms with E-state index < -0.39 is 23.2 Å². The van der Waals surface area contributed by atoms with E-state index in [0.29, 0.717) is 0 Å². The van der Waals surface area contributed by atoms with Crippen LogP contribution in [0.15, 0.2) is 47.3 Å². The van der Waals surface area contributed by atoms with Crippen LogP contribution in [0, 0.1) is 5.82 Å². The summed E-state index contributed by atoms with van der Waals surface area (Å²) in [5.74, 6) is -0.696. The van der Waals surface area contributed by atoms with Gasteiger partial charge in [-0.05, 0) is 24.3 Å². The molecule has 0 aliphatic carbocycles. The molecule has 0 aliphatic rings. The van der Waals surface area contributed by atoms with Crippen molar-refractivity contribution in [2.24, 2.45) is 0 Å². The van der Waals surface area contributed by atoms with Crippen molar-refractivity contribution in [3.63, 3.8) is 0 Å². The number of benzene rings is 2. The molecule has 3 rings (SSSR count). The highest BCUT2D eigenvalue weighted by Crippen LogP contribution is 2.34. The first kappa shape index (κ1) is 13.4. The normalized spacial score (nSPS) is 12.0. The minimum Gasteiger partial charge on any atom is -0.305 e. The molecule has 0 atom stereocenters. The zero-order valence-electron chi connectivity index (χ0n) is 10.4. The van der Waals surface area contributed by atoms with Crippen LogP contribution in [0.4, 0.5) is 17.6 Å². The van der Waals surface area contributed by atoms with E-state index in [1.54, 1.807) is 0 Å². The van der Waals surface area contributed by atoms with E-state index >= 15 is 0 Å². The fourth-order valence-electron chi connectivity index (χ4n) is 2.24. The number of fused-ring (bicyclic) bond motifs is 1. The Hall–Kier alpha value is -2.57. The largest absolute Gasteiger partial charge is 0.418 e. The van der Waals surface area contributed by atoms with Crippen molar-refractivity contribution in [2.45, 2.75) is 6.18 Å². The molecule has 0 saturated carbocycles. The lowest BCUT2D eigenvalue weighted by Crippen LogP contribution is -2.15. The fraction of sp³-hybridized carbons (Fsp3) is 0.0714. The highest BCUT2D eigenvalue weighted by molar-refractivity contribution is 5.81. The fourth-order valence-corrected chi connectivity index (χ4v) is 2.24. The summed E-state index contributed by atoms with van der Waals surface area (Å²) in [5, 5.41) is 0. The average Bonchev–Trinajstić information content (AvgIpc) is 2.74. The van der Waals surface area contributed by atoms with Crippen LogP contribution in [0.25, 0.3) is 16.7 Å². The molecule has 1 N–H and O–H groups in total. The number of alkyl halides is 3. The number of hydrogen-bond donors (Lipinski definition) is 1. The predicted octanol–water partition coefficient (Wildman–Crippen LogP) is 3.48. The Morgan fingerprint density at radius 1 is 1.00 bits per heavy atom. The molecule has 7 heteroatoms. The van der Waals surface area contributed by atoms with Crippen LogP contribution in [0.1, 0.15) is 5.56 Å². The van der Waals surface area contributed by atoms with E-state index in [1.807, 2.05) is 0 Å². The molecular weight excluding hydrogens is 288 g/mol. The molecule has 108 valence electrons. The topological polar surface area (TPSA) is 37.8 Å². The second kappa shape index (κ2) is 4.47. The number of imidazole rings is 1. The molecule has 2 aromatic carbocycles. The van der Waals surface area contributed by atoms with Crippen molar-refractivity contribution in [2.75, 3.05) is 0 Å². The summed E-state index contributed by atoms with van der Waals surface area (Å²) in [5.41, 5.74) is -2.29. The summed E-state index contributed by atoms with van der Waals surface area (Å²) in [6, 6.07) is 8.75. The highest BCUT2D eigenvalue weighted by atomic mass is 19.4. The van der Waals surface area contributed by atoms with E-state index in [1.165, 1.54) is 30.3 Å². The number of rotatable bonds is 1. The van der Waals surface area contributed by atoms with Gasteiger partial charge in [-0.1, -0.05) is 18.2 Å². The lowest BCUT2D eigenvalue weighted by atomic mass is 10.1. The van der Waals surface area contributed by atoms with Crippen molar-refractivity contribution in [1.29, 1.82) is 0 Å². The summed E-state index contributed by atoms with van der Waals surface area (Å²) < 4.78 is 53.5. The van der Waals surface area contributed by atoms with Crippen LogP contribution in [0.5, 0.6) is 0 Å². The number of halogens is 4. The Bertz CT molecular complexity index is 877. The number of nitrogens with one attached hydrogen (secondary N) is 1. The second-order valence-electron chi connectivity index (χ2n) is 4.41. The molecule has 21 heavy (non-hydrogen) atoms. The maximum Gasteiger partial charge on any atom is 0.418 e. The number of H-pyrrole nitrogens is 1. The minimum absolute atomic E-state index is 0.0278. The van der Waals surface area contributed by atoms with Gasteiger partial charge in [0.15, 0.2) is 0 Å². The molecule has 3 aromatic rings. The Balaban J connectivity index is 2.40. The predicted molar refractivity (Wildman–Crippen MR) is 68.9 cm³/mol. The first-order chi connectivity index (χ1) is 9.89. The number of aromatic amines is 1. The lowest BCUT2D eigenvalue weighted by molar-refractivity contribution is -0.136. The van der Waals surface area contributed by atoms with Gasteiger partial charge < -0.3 is 4.98 Å². The summed E-state index contributed by atoms with van der Waals surface area (Å²) >= 11 is 0. The van der Waals surface area contributed by atoms with E-state index in [4.69, 9.17) is 0 Å². The minimum atomic E-state index is -4.61. The van der Waals surface area contributed by atoms with Crippen molar-refractivity contribution in [1.82, 2.24) is 9.55 Å². The van der Waals surface area contributed by atoms with Gasteiger partial charge in [-0.25, -0.2) is 9.18 Å². The van der Waals surface area contributed by atoms with Gasteiger partial charge in [-0.3, -0.25) is 4.57 Å².